The first-order chi connectivity index (χ1) is 10.2. The smallest absolute Gasteiger partial charge is 0.213 e. The number of nitrogens with one attached hydrogen (secondary N) is 2. The Morgan fingerprint density at radius 2 is 1.86 bits per heavy atom. The maximum absolute atomic E-state index is 5.46. The largest absolute Gasteiger partial charge is 0.496 e. The number of benzene rings is 2. The molecule has 0 saturated carbocycles. The molecule has 2 aromatic carbocycles. The summed E-state index contributed by atoms with van der Waals surface area (Å²) >= 11 is 5.01. The van der Waals surface area contributed by atoms with E-state index >= 15 is 0 Å². The molecule has 0 spiro atoms. The maximum Gasteiger partial charge on any atom is 0.213 e. The molecule has 4 nitrogen and oxygen atoms in total. The fourth-order valence-electron chi connectivity index (χ4n) is 2.33. The monoisotopic (exact) mass is 297 g/mol. The standard InChI is InChI=1S/C16H15N3OS/c1-10-7-8-11(15-17-16(21)19-18-15)9-13(10)12-5-3-4-6-14(12)20-2/h3-9H,1-2H3,(H2,17,18,19,21). The van der Waals surface area contributed by atoms with E-state index in [0.29, 0.717) is 4.77 Å². The van der Waals surface area contributed by atoms with Crippen molar-refractivity contribution in [3.63, 3.8) is 0 Å². The number of ether oxygens (including phenoxy) is 1. The number of aromatic amines is 2. The number of nitrogens with zero attached hydrogens (tertiary/aromatic N) is 1. The highest BCUT2D eigenvalue weighted by atomic mass is 32.1. The van der Waals surface area contributed by atoms with Crippen LogP contribution in [0, 0.1) is 11.7 Å². The minimum atomic E-state index is 0.449. The van der Waals surface area contributed by atoms with Crippen molar-refractivity contribution in [2.75, 3.05) is 7.11 Å². The van der Waals surface area contributed by atoms with E-state index in [1.54, 1.807) is 7.11 Å². The molecule has 0 bridgehead atoms. The zero-order valence-corrected chi connectivity index (χ0v) is 12.6. The van der Waals surface area contributed by atoms with Gasteiger partial charge >= 0.3 is 0 Å². The van der Waals surface area contributed by atoms with Crippen LogP contribution in [0.4, 0.5) is 0 Å². The van der Waals surface area contributed by atoms with Crippen LogP contribution in [0.3, 0.4) is 0 Å². The lowest BCUT2D eigenvalue weighted by Crippen LogP contribution is -1.91. The first-order valence-corrected chi connectivity index (χ1v) is 6.99. The Balaban J connectivity index is 2.16. The van der Waals surface area contributed by atoms with Gasteiger partial charge in [0.05, 0.1) is 7.11 Å². The Bertz CT molecular complexity index is 835. The van der Waals surface area contributed by atoms with Gasteiger partial charge in [0.1, 0.15) is 5.75 Å². The van der Waals surface area contributed by atoms with Gasteiger partial charge in [0, 0.05) is 11.1 Å². The van der Waals surface area contributed by atoms with E-state index in [0.717, 1.165) is 28.3 Å². The second-order valence-corrected chi connectivity index (χ2v) is 5.13. The molecule has 0 aliphatic heterocycles. The lowest BCUT2D eigenvalue weighted by Gasteiger charge is -2.12. The van der Waals surface area contributed by atoms with E-state index in [1.807, 2.05) is 24.3 Å². The summed E-state index contributed by atoms with van der Waals surface area (Å²) in [7, 11) is 1.68. The molecule has 1 heterocycles. The van der Waals surface area contributed by atoms with Crippen LogP contribution in [0.25, 0.3) is 22.5 Å². The number of para-hydroxylation sites is 1. The molecule has 0 amide bonds. The molecule has 3 rings (SSSR count). The predicted molar refractivity (Wildman–Crippen MR) is 85.9 cm³/mol. The normalized spacial score (nSPS) is 10.6. The second kappa shape index (κ2) is 5.54. The number of aryl methyl sites for hydroxylation is 1. The summed E-state index contributed by atoms with van der Waals surface area (Å²) in [6, 6.07) is 14.2. The molecular weight excluding hydrogens is 282 g/mol. The molecule has 0 unspecified atom stereocenters. The highest BCUT2D eigenvalue weighted by Gasteiger charge is 2.10. The number of hydrogen-bond acceptors (Lipinski definition) is 3. The van der Waals surface area contributed by atoms with Crippen molar-refractivity contribution < 1.29 is 4.74 Å². The van der Waals surface area contributed by atoms with Crippen LogP contribution in [0.2, 0.25) is 0 Å². The first kappa shape index (κ1) is 13.6. The van der Waals surface area contributed by atoms with Gasteiger partial charge in [-0.2, -0.15) is 4.98 Å². The zero-order valence-electron chi connectivity index (χ0n) is 11.8. The highest BCUT2D eigenvalue weighted by molar-refractivity contribution is 7.71. The van der Waals surface area contributed by atoms with Crippen LogP contribution >= 0.6 is 12.2 Å². The van der Waals surface area contributed by atoms with Crippen molar-refractivity contribution in [2.45, 2.75) is 6.92 Å². The molecule has 0 fully saturated rings. The fraction of sp³-hybridized carbons (Fsp3) is 0.125. The summed E-state index contributed by atoms with van der Waals surface area (Å²) < 4.78 is 5.91. The van der Waals surface area contributed by atoms with Crippen LogP contribution in [0.1, 0.15) is 5.56 Å². The lowest BCUT2D eigenvalue weighted by atomic mass is 9.97. The molecule has 1 aromatic heterocycles. The zero-order chi connectivity index (χ0) is 14.8. The highest BCUT2D eigenvalue weighted by Crippen LogP contribution is 2.34. The van der Waals surface area contributed by atoms with Crippen LogP contribution in [0.5, 0.6) is 5.75 Å². The summed E-state index contributed by atoms with van der Waals surface area (Å²) in [4.78, 5) is 4.26. The minimum absolute atomic E-state index is 0.449. The van der Waals surface area contributed by atoms with Crippen LogP contribution in [-0.4, -0.2) is 22.3 Å². The van der Waals surface area contributed by atoms with Crippen LogP contribution in [-0.2, 0) is 0 Å². The Hall–Kier alpha value is -2.40. The Labute approximate surface area is 127 Å². The van der Waals surface area contributed by atoms with Gasteiger partial charge in [-0.3, -0.25) is 10.2 Å². The van der Waals surface area contributed by atoms with Crippen molar-refractivity contribution in [3.8, 4) is 28.3 Å². The number of aromatic nitrogens is 3. The summed E-state index contributed by atoms with van der Waals surface area (Å²) in [6.45, 7) is 2.08. The molecule has 2 N–H and O–H groups in total. The third-order valence-corrected chi connectivity index (χ3v) is 3.60. The van der Waals surface area contributed by atoms with Gasteiger partial charge in [-0.15, -0.1) is 0 Å². The van der Waals surface area contributed by atoms with E-state index in [-0.39, 0.29) is 0 Å². The number of hydrogen-bond donors (Lipinski definition) is 2. The average molecular weight is 297 g/mol. The quantitative estimate of drug-likeness (QED) is 0.715. The summed E-state index contributed by atoms with van der Waals surface area (Å²) in [5.41, 5.74) is 4.34. The van der Waals surface area contributed by atoms with Crippen molar-refractivity contribution in [2.24, 2.45) is 0 Å². The van der Waals surface area contributed by atoms with Crippen molar-refractivity contribution in [3.05, 3.63) is 52.8 Å². The molecule has 106 valence electrons. The fourth-order valence-corrected chi connectivity index (χ4v) is 2.48. The van der Waals surface area contributed by atoms with Gasteiger partial charge in [-0.05, 0) is 42.4 Å². The molecular formula is C16H15N3OS. The molecule has 5 heteroatoms. The van der Waals surface area contributed by atoms with E-state index in [1.165, 1.54) is 5.56 Å². The Morgan fingerprint density at radius 3 is 2.57 bits per heavy atom. The number of rotatable bonds is 3. The molecule has 0 aliphatic carbocycles. The molecule has 0 atom stereocenters. The molecule has 0 saturated heterocycles. The van der Waals surface area contributed by atoms with Crippen molar-refractivity contribution in [1.82, 2.24) is 15.2 Å². The second-order valence-electron chi connectivity index (χ2n) is 4.75. The number of methoxy groups -OCH3 is 1. The lowest BCUT2D eigenvalue weighted by molar-refractivity contribution is 0.416. The topological polar surface area (TPSA) is 53.7 Å². The SMILES string of the molecule is COc1ccccc1-c1cc(-c2nc(=S)[nH][nH]2)ccc1C. The molecule has 0 aliphatic rings. The minimum Gasteiger partial charge on any atom is -0.496 e. The summed E-state index contributed by atoms with van der Waals surface area (Å²) in [5.74, 6) is 1.59. The van der Waals surface area contributed by atoms with Crippen molar-refractivity contribution >= 4 is 12.2 Å². The van der Waals surface area contributed by atoms with Gasteiger partial charge in [-0.1, -0.05) is 30.3 Å². The van der Waals surface area contributed by atoms with Gasteiger partial charge < -0.3 is 4.74 Å². The third-order valence-electron chi connectivity index (χ3n) is 3.41. The van der Waals surface area contributed by atoms with Crippen molar-refractivity contribution in [1.29, 1.82) is 0 Å². The average Bonchev–Trinajstić information content (AvgIpc) is 2.94. The Morgan fingerprint density at radius 1 is 1.05 bits per heavy atom. The summed E-state index contributed by atoms with van der Waals surface area (Å²) in [6.07, 6.45) is 0. The Kier molecular flexibility index (Phi) is 3.58. The van der Waals surface area contributed by atoms with E-state index in [9.17, 15) is 0 Å². The molecule has 0 radical (unpaired) electrons. The van der Waals surface area contributed by atoms with Crippen LogP contribution < -0.4 is 4.74 Å². The third kappa shape index (κ3) is 2.60. The van der Waals surface area contributed by atoms with Gasteiger partial charge in [0.2, 0.25) is 4.77 Å². The van der Waals surface area contributed by atoms with E-state index < -0.39 is 0 Å². The van der Waals surface area contributed by atoms with Gasteiger partial charge in [0.15, 0.2) is 5.82 Å². The number of H-pyrrole nitrogens is 2. The molecule has 3 aromatic rings. The van der Waals surface area contributed by atoms with Gasteiger partial charge in [-0.25, -0.2) is 0 Å². The van der Waals surface area contributed by atoms with E-state index in [2.05, 4.69) is 40.3 Å². The molecule has 21 heavy (non-hydrogen) atoms. The summed E-state index contributed by atoms with van der Waals surface area (Å²) in [5, 5.41) is 5.79. The first-order valence-electron chi connectivity index (χ1n) is 6.58. The van der Waals surface area contributed by atoms with Gasteiger partial charge in [0.25, 0.3) is 0 Å². The van der Waals surface area contributed by atoms with Crippen LogP contribution in [0.15, 0.2) is 42.5 Å². The predicted octanol–water partition coefficient (Wildman–Crippen LogP) is 4.12. The van der Waals surface area contributed by atoms with E-state index in [4.69, 9.17) is 17.0 Å². The maximum atomic E-state index is 5.46.